The summed E-state index contributed by atoms with van der Waals surface area (Å²) in [5.74, 6) is 0. The smallest absolute Gasteiger partial charge is 0.0360 e. The molecular formula is C16H32N2. The molecule has 1 rings (SSSR count). The predicted molar refractivity (Wildman–Crippen MR) is 81.0 cm³/mol. The van der Waals surface area contributed by atoms with Gasteiger partial charge in [-0.05, 0) is 58.2 Å². The van der Waals surface area contributed by atoms with Crippen molar-refractivity contribution in [1.29, 1.82) is 0 Å². The molecule has 0 aliphatic carbocycles. The Bertz CT molecular complexity index is 227. The summed E-state index contributed by atoms with van der Waals surface area (Å²) < 4.78 is 0. The van der Waals surface area contributed by atoms with Crippen LogP contribution in [0.3, 0.4) is 0 Å². The van der Waals surface area contributed by atoms with Crippen LogP contribution in [0.15, 0.2) is 12.7 Å². The number of rotatable bonds is 9. The van der Waals surface area contributed by atoms with Gasteiger partial charge in [0.1, 0.15) is 0 Å². The molecule has 0 amide bonds. The van der Waals surface area contributed by atoms with Gasteiger partial charge in [-0.2, -0.15) is 0 Å². The Hall–Kier alpha value is -0.340. The van der Waals surface area contributed by atoms with Crippen LogP contribution < -0.4 is 5.32 Å². The van der Waals surface area contributed by atoms with E-state index in [1.54, 1.807) is 0 Å². The van der Waals surface area contributed by atoms with Gasteiger partial charge in [0.15, 0.2) is 0 Å². The number of nitrogens with zero attached hydrogens (tertiary/aromatic N) is 1. The molecule has 1 aliphatic rings. The van der Waals surface area contributed by atoms with Gasteiger partial charge in [0.2, 0.25) is 0 Å². The Morgan fingerprint density at radius 1 is 1.22 bits per heavy atom. The molecule has 2 nitrogen and oxygen atoms in total. The van der Waals surface area contributed by atoms with E-state index in [2.05, 4.69) is 43.6 Å². The fraction of sp³-hybridized carbons (Fsp3) is 0.875. The van der Waals surface area contributed by atoms with Gasteiger partial charge in [-0.1, -0.05) is 26.8 Å². The van der Waals surface area contributed by atoms with Gasteiger partial charge in [-0.15, -0.1) is 6.58 Å². The minimum atomic E-state index is 0.333. The molecule has 1 atom stereocenters. The van der Waals surface area contributed by atoms with E-state index >= 15 is 0 Å². The maximum absolute atomic E-state index is 3.96. The van der Waals surface area contributed by atoms with Crippen molar-refractivity contribution in [3.8, 4) is 0 Å². The van der Waals surface area contributed by atoms with E-state index in [1.165, 1.54) is 45.2 Å². The zero-order valence-corrected chi connectivity index (χ0v) is 12.7. The van der Waals surface area contributed by atoms with Crippen LogP contribution in [0.25, 0.3) is 0 Å². The van der Waals surface area contributed by atoms with Gasteiger partial charge >= 0.3 is 0 Å². The van der Waals surface area contributed by atoms with Crippen molar-refractivity contribution < 1.29 is 0 Å². The summed E-state index contributed by atoms with van der Waals surface area (Å²) in [6.07, 6.45) is 9.59. The molecule has 1 unspecified atom stereocenters. The lowest BCUT2D eigenvalue weighted by molar-refractivity contribution is 0.0631. The molecule has 0 saturated carbocycles. The Kier molecular flexibility index (Phi) is 6.95. The molecule has 18 heavy (non-hydrogen) atoms. The topological polar surface area (TPSA) is 15.3 Å². The fourth-order valence-corrected chi connectivity index (χ4v) is 3.55. The van der Waals surface area contributed by atoms with Gasteiger partial charge in [0.25, 0.3) is 0 Å². The second kappa shape index (κ2) is 7.96. The largest absolute Gasteiger partial charge is 0.312 e. The average molecular weight is 252 g/mol. The number of likely N-dealkylation sites (tertiary alicyclic amines) is 1. The molecule has 0 aromatic heterocycles. The Balaban J connectivity index is 2.84. The Labute approximate surface area is 114 Å². The minimum absolute atomic E-state index is 0.333. The van der Waals surface area contributed by atoms with E-state index in [0.29, 0.717) is 11.6 Å². The zero-order chi connectivity index (χ0) is 13.4. The normalized spacial score (nSPS) is 19.1. The first-order valence-electron chi connectivity index (χ1n) is 7.84. The summed E-state index contributed by atoms with van der Waals surface area (Å²) in [6, 6.07) is 0.558. The van der Waals surface area contributed by atoms with Crippen LogP contribution in [0.4, 0.5) is 0 Å². The first-order valence-corrected chi connectivity index (χ1v) is 7.84. The number of hydrogen-bond donors (Lipinski definition) is 1. The molecule has 0 aromatic carbocycles. The lowest BCUT2D eigenvalue weighted by atomic mass is 9.81. The SMILES string of the molecule is C=CCC(NCCC)C(CC)(CC)N1CCCC1. The second-order valence-corrected chi connectivity index (χ2v) is 5.54. The molecule has 106 valence electrons. The monoisotopic (exact) mass is 252 g/mol. The van der Waals surface area contributed by atoms with Crippen LogP contribution in [0.1, 0.15) is 59.3 Å². The van der Waals surface area contributed by atoms with Crippen molar-refractivity contribution in [3.05, 3.63) is 12.7 Å². The van der Waals surface area contributed by atoms with Crippen molar-refractivity contribution >= 4 is 0 Å². The summed E-state index contributed by atoms with van der Waals surface area (Å²) in [5.41, 5.74) is 0.333. The van der Waals surface area contributed by atoms with Crippen LogP contribution in [-0.4, -0.2) is 36.1 Å². The summed E-state index contributed by atoms with van der Waals surface area (Å²) in [6.45, 7) is 14.6. The molecule has 0 spiro atoms. The van der Waals surface area contributed by atoms with Crippen LogP contribution >= 0.6 is 0 Å². The van der Waals surface area contributed by atoms with Crippen molar-refractivity contribution in [2.75, 3.05) is 19.6 Å². The molecule has 1 heterocycles. The average Bonchev–Trinajstić information content (AvgIpc) is 2.92. The van der Waals surface area contributed by atoms with E-state index in [-0.39, 0.29) is 0 Å². The molecule has 0 aromatic rings. The highest BCUT2D eigenvalue weighted by atomic mass is 15.2. The van der Waals surface area contributed by atoms with Gasteiger partial charge in [-0.3, -0.25) is 4.90 Å². The summed E-state index contributed by atoms with van der Waals surface area (Å²) >= 11 is 0. The molecule has 1 N–H and O–H groups in total. The quantitative estimate of drug-likeness (QED) is 0.631. The van der Waals surface area contributed by atoms with E-state index in [9.17, 15) is 0 Å². The summed E-state index contributed by atoms with van der Waals surface area (Å²) in [7, 11) is 0. The van der Waals surface area contributed by atoms with Crippen LogP contribution in [0.5, 0.6) is 0 Å². The first kappa shape index (κ1) is 15.7. The van der Waals surface area contributed by atoms with E-state index in [0.717, 1.165) is 13.0 Å². The van der Waals surface area contributed by atoms with Gasteiger partial charge in [0.05, 0.1) is 0 Å². The highest BCUT2D eigenvalue weighted by Crippen LogP contribution is 2.33. The predicted octanol–water partition coefficient (Wildman–Crippen LogP) is 3.59. The van der Waals surface area contributed by atoms with Gasteiger partial charge in [0, 0.05) is 11.6 Å². The number of nitrogens with one attached hydrogen (secondary N) is 1. The maximum Gasteiger partial charge on any atom is 0.0360 e. The van der Waals surface area contributed by atoms with Crippen molar-refractivity contribution in [2.45, 2.75) is 70.9 Å². The fourth-order valence-electron chi connectivity index (χ4n) is 3.55. The highest BCUT2D eigenvalue weighted by molar-refractivity contribution is 5.02. The van der Waals surface area contributed by atoms with Crippen molar-refractivity contribution in [3.63, 3.8) is 0 Å². The molecule has 0 radical (unpaired) electrons. The molecule has 2 heteroatoms. The van der Waals surface area contributed by atoms with Crippen molar-refractivity contribution in [2.24, 2.45) is 0 Å². The van der Waals surface area contributed by atoms with E-state index < -0.39 is 0 Å². The molecule has 1 saturated heterocycles. The van der Waals surface area contributed by atoms with Crippen LogP contribution in [0, 0.1) is 0 Å². The van der Waals surface area contributed by atoms with Crippen LogP contribution in [0.2, 0.25) is 0 Å². The molecule has 0 bridgehead atoms. The second-order valence-electron chi connectivity index (χ2n) is 5.54. The number of hydrogen-bond acceptors (Lipinski definition) is 2. The van der Waals surface area contributed by atoms with Crippen LogP contribution in [-0.2, 0) is 0 Å². The molecule has 1 aliphatic heterocycles. The lowest BCUT2D eigenvalue weighted by Crippen LogP contribution is -2.60. The standard InChI is InChI=1S/C16H32N2/c1-5-11-15(17-12-6-2)16(7-3,8-4)18-13-9-10-14-18/h5,15,17H,1,6-14H2,2-4H3. The molecular weight excluding hydrogens is 220 g/mol. The summed E-state index contributed by atoms with van der Waals surface area (Å²) in [4.78, 5) is 2.74. The third-order valence-corrected chi connectivity index (χ3v) is 4.65. The van der Waals surface area contributed by atoms with Gasteiger partial charge in [-0.25, -0.2) is 0 Å². The van der Waals surface area contributed by atoms with E-state index in [1.807, 2.05) is 0 Å². The van der Waals surface area contributed by atoms with Crippen molar-refractivity contribution in [1.82, 2.24) is 10.2 Å². The Morgan fingerprint density at radius 3 is 2.28 bits per heavy atom. The first-order chi connectivity index (χ1) is 8.75. The lowest BCUT2D eigenvalue weighted by Gasteiger charge is -2.47. The zero-order valence-electron chi connectivity index (χ0n) is 12.7. The minimum Gasteiger partial charge on any atom is -0.312 e. The maximum atomic E-state index is 3.96. The molecule has 1 fully saturated rings. The third-order valence-electron chi connectivity index (χ3n) is 4.65. The van der Waals surface area contributed by atoms with E-state index in [4.69, 9.17) is 0 Å². The summed E-state index contributed by atoms with van der Waals surface area (Å²) in [5, 5.41) is 3.78. The highest BCUT2D eigenvalue weighted by Gasteiger charge is 2.40. The Morgan fingerprint density at radius 2 is 1.83 bits per heavy atom. The third kappa shape index (κ3) is 3.36. The van der Waals surface area contributed by atoms with Gasteiger partial charge < -0.3 is 5.32 Å².